The molecule has 0 saturated carbocycles. The molecule has 2 N–H and O–H groups in total. The van der Waals surface area contributed by atoms with Crippen LogP contribution in [0.4, 0.5) is 5.69 Å². The molecule has 0 aliphatic heterocycles. The number of benzene rings is 2. The summed E-state index contributed by atoms with van der Waals surface area (Å²) in [6.07, 6.45) is 0.794. The second-order valence-corrected chi connectivity index (χ2v) is 6.42. The molecule has 2 aromatic carbocycles. The number of oxazole rings is 1. The Balaban J connectivity index is 1.57. The lowest BCUT2D eigenvalue weighted by Gasteiger charge is -2.07. The van der Waals surface area contributed by atoms with Crippen LogP contribution in [0.1, 0.15) is 30.5 Å². The highest BCUT2D eigenvalue weighted by Gasteiger charge is 2.13. The topological polar surface area (TPSA) is 67.2 Å². The van der Waals surface area contributed by atoms with E-state index in [9.17, 15) is 4.79 Å². The van der Waals surface area contributed by atoms with Crippen LogP contribution in [0.25, 0.3) is 11.3 Å². The molecule has 0 atom stereocenters. The number of nitrogens with zero attached hydrogens (tertiary/aromatic N) is 1. The highest BCUT2D eigenvalue weighted by Crippen LogP contribution is 2.24. The summed E-state index contributed by atoms with van der Waals surface area (Å²) in [4.78, 5) is 16.7. The van der Waals surface area contributed by atoms with E-state index in [0.29, 0.717) is 18.7 Å². The maximum absolute atomic E-state index is 12.3. The van der Waals surface area contributed by atoms with Crippen LogP contribution < -0.4 is 10.6 Å². The Labute approximate surface area is 159 Å². The molecule has 0 radical (unpaired) electrons. The van der Waals surface area contributed by atoms with Crippen molar-refractivity contribution in [1.82, 2.24) is 10.3 Å². The Morgan fingerprint density at radius 3 is 2.70 bits per heavy atom. The second kappa shape index (κ2) is 9.14. The summed E-state index contributed by atoms with van der Waals surface area (Å²) in [5.41, 5.74) is 3.79. The Morgan fingerprint density at radius 1 is 1.11 bits per heavy atom. The fourth-order valence-corrected chi connectivity index (χ4v) is 2.89. The van der Waals surface area contributed by atoms with E-state index in [1.807, 2.05) is 61.5 Å². The number of anilines is 1. The summed E-state index contributed by atoms with van der Waals surface area (Å²) in [5.74, 6) is 1.30. The summed E-state index contributed by atoms with van der Waals surface area (Å²) in [7, 11) is 0. The van der Waals surface area contributed by atoms with Gasteiger partial charge in [-0.05, 0) is 31.2 Å². The Hall–Kier alpha value is -2.92. The van der Waals surface area contributed by atoms with Gasteiger partial charge in [-0.25, -0.2) is 4.98 Å². The van der Waals surface area contributed by atoms with E-state index in [0.717, 1.165) is 41.4 Å². The van der Waals surface area contributed by atoms with Crippen molar-refractivity contribution in [3.05, 3.63) is 71.7 Å². The number of amides is 1. The average Bonchev–Trinajstić information content (AvgIpc) is 3.06. The zero-order valence-corrected chi connectivity index (χ0v) is 15.8. The number of nitrogens with one attached hydrogen (secondary N) is 2. The maximum atomic E-state index is 12.3. The van der Waals surface area contributed by atoms with E-state index in [4.69, 9.17) is 4.42 Å². The molecular weight excluding hydrogens is 338 g/mol. The summed E-state index contributed by atoms with van der Waals surface area (Å²) in [6.45, 7) is 5.69. The van der Waals surface area contributed by atoms with Crippen molar-refractivity contribution in [1.29, 1.82) is 0 Å². The van der Waals surface area contributed by atoms with Gasteiger partial charge in [0.1, 0.15) is 0 Å². The van der Waals surface area contributed by atoms with E-state index in [1.54, 1.807) is 0 Å². The molecule has 27 heavy (non-hydrogen) atoms. The third-order valence-electron chi connectivity index (χ3n) is 4.23. The van der Waals surface area contributed by atoms with Crippen LogP contribution in [0, 0.1) is 6.92 Å². The lowest BCUT2D eigenvalue weighted by Crippen LogP contribution is -2.14. The highest BCUT2D eigenvalue weighted by molar-refractivity contribution is 5.90. The number of carbonyl (C=O) groups excluding carboxylic acids is 1. The number of aryl methyl sites for hydroxylation is 2. The maximum Gasteiger partial charge on any atom is 0.224 e. The normalized spacial score (nSPS) is 10.7. The molecule has 1 amide bonds. The van der Waals surface area contributed by atoms with Crippen molar-refractivity contribution in [3.63, 3.8) is 0 Å². The molecule has 5 nitrogen and oxygen atoms in total. The highest BCUT2D eigenvalue weighted by atomic mass is 16.4. The minimum atomic E-state index is -0.0484. The Morgan fingerprint density at radius 2 is 1.93 bits per heavy atom. The quantitative estimate of drug-likeness (QED) is 0.625. The van der Waals surface area contributed by atoms with Gasteiger partial charge in [0.2, 0.25) is 5.91 Å². The van der Waals surface area contributed by atoms with Gasteiger partial charge in [-0.15, -0.1) is 0 Å². The van der Waals surface area contributed by atoms with Gasteiger partial charge in [-0.3, -0.25) is 4.79 Å². The van der Waals surface area contributed by atoms with E-state index in [-0.39, 0.29) is 5.91 Å². The van der Waals surface area contributed by atoms with Crippen LogP contribution >= 0.6 is 0 Å². The zero-order valence-electron chi connectivity index (χ0n) is 15.8. The fourth-order valence-electron chi connectivity index (χ4n) is 2.89. The smallest absolute Gasteiger partial charge is 0.224 e. The first-order valence-corrected chi connectivity index (χ1v) is 9.27. The summed E-state index contributed by atoms with van der Waals surface area (Å²) in [6, 6.07) is 17.8. The van der Waals surface area contributed by atoms with Gasteiger partial charge in [-0.1, -0.05) is 49.4 Å². The Kier molecular flexibility index (Phi) is 6.39. The van der Waals surface area contributed by atoms with Crippen LogP contribution in [-0.2, 0) is 17.8 Å². The third-order valence-corrected chi connectivity index (χ3v) is 4.23. The molecule has 1 heterocycles. The minimum absolute atomic E-state index is 0.0484. The molecule has 0 aliphatic rings. The molecule has 5 heteroatoms. The third kappa shape index (κ3) is 5.28. The van der Waals surface area contributed by atoms with Crippen molar-refractivity contribution < 1.29 is 9.21 Å². The SMILES string of the molecule is CCNCc1cccc(NC(=O)CCc2nc(C)c(-c3ccccc3)o2)c1. The van der Waals surface area contributed by atoms with Gasteiger partial charge in [0, 0.05) is 30.6 Å². The van der Waals surface area contributed by atoms with Gasteiger partial charge in [0.15, 0.2) is 11.7 Å². The number of aromatic nitrogens is 1. The fraction of sp³-hybridized carbons (Fsp3) is 0.273. The van der Waals surface area contributed by atoms with Crippen LogP contribution in [0.3, 0.4) is 0 Å². The van der Waals surface area contributed by atoms with Crippen molar-refractivity contribution in [2.45, 2.75) is 33.2 Å². The van der Waals surface area contributed by atoms with Crippen molar-refractivity contribution in [2.24, 2.45) is 0 Å². The lowest BCUT2D eigenvalue weighted by molar-refractivity contribution is -0.116. The number of hydrogen-bond acceptors (Lipinski definition) is 4. The summed E-state index contributed by atoms with van der Waals surface area (Å²) < 4.78 is 5.87. The van der Waals surface area contributed by atoms with Gasteiger partial charge < -0.3 is 15.1 Å². The molecule has 1 aromatic heterocycles. The van der Waals surface area contributed by atoms with E-state index < -0.39 is 0 Å². The van der Waals surface area contributed by atoms with Crippen LogP contribution in [0.2, 0.25) is 0 Å². The van der Waals surface area contributed by atoms with E-state index in [2.05, 4.69) is 22.5 Å². The molecule has 0 bridgehead atoms. The monoisotopic (exact) mass is 363 g/mol. The molecule has 140 valence electrons. The molecule has 0 aliphatic carbocycles. The minimum Gasteiger partial charge on any atom is -0.440 e. The molecule has 0 spiro atoms. The number of carbonyl (C=O) groups is 1. The van der Waals surface area contributed by atoms with Crippen molar-refractivity contribution >= 4 is 11.6 Å². The summed E-state index contributed by atoms with van der Waals surface area (Å²) in [5, 5.41) is 6.23. The zero-order chi connectivity index (χ0) is 19.1. The largest absolute Gasteiger partial charge is 0.440 e. The molecule has 3 aromatic rings. The standard InChI is InChI=1S/C22H25N3O2/c1-3-23-15-17-8-7-11-19(14-17)25-20(26)12-13-21-24-16(2)22(27-21)18-9-5-4-6-10-18/h4-11,14,23H,3,12-13,15H2,1-2H3,(H,25,26). The van der Waals surface area contributed by atoms with E-state index in [1.165, 1.54) is 0 Å². The lowest BCUT2D eigenvalue weighted by atomic mass is 10.1. The first-order valence-electron chi connectivity index (χ1n) is 9.27. The average molecular weight is 363 g/mol. The molecular formula is C22H25N3O2. The van der Waals surface area contributed by atoms with Gasteiger partial charge in [-0.2, -0.15) is 0 Å². The second-order valence-electron chi connectivity index (χ2n) is 6.42. The number of hydrogen-bond donors (Lipinski definition) is 2. The van der Waals surface area contributed by atoms with Crippen LogP contribution in [0.15, 0.2) is 59.0 Å². The first kappa shape index (κ1) is 18.9. The van der Waals surface area contributed by atoms with E-state index >= 15 is 0 Å². The first-order chi connectivity index (χ1) is 13.2. The molecule has 0 saturated heterocycles. The molecule has 3 rings (SSSR count). The van der Waals surface area contributed by atoms with Crippen molar-refractivity contribution in [2.75, 3.05) is 11.9 Å². The molecule has 0 fully saturated rings. The van der Waals surface area contributed by atoms with Crippen LogP contribution in [0.5, 0.6) is 0 Å². The van der Waals surface area contributed by atoms with Gasteiger partial charge >= 0.3 is 0 Å². The predicted molar refractivity (Wildman–Crippen MR) is 107 cm³/mol. The summed E-state index contributed by atoms with van der Waals surface area (Å²) >= 11 is 0. The molecule has 0 unspecified atom stereocenters. The number of rotatable bonds is 8. The van der Waals surface area contributed by atoms with Gasteiger partial charge in [0.05, 0.1) is 5.69 Å². The Bertz CT molecular complexity index is 888. The van der Waals surface area contributed by atoms with Gasteiger partial charge in [0.25, 0.3) is 0 Å². The van der Waals surface area contributed by atoms with Crippen molar-refractivity contribution in [3.8, 4) is 11.3 Å². The van der Waals surface area contributed by atoms with Crippen LogP contribution in [-0.4, -0.2) is 17.4 Å². The predicted octanol–water partition coefficient (Wildman–Crippen LogP) is 4.33.